The number of amides is 1. The number of hydrogen-bond donors (Lipinski definition) is 3. The van der Waals surface area contributed by atoms with Gasteiger partial charge in [0.1, 0.15) is 6.10 Å². The van der Waals surface area contributed by atoms with Gasteiger partial charge in [0.25, 0.3) is 0 Å². The lowest BCUT2D eigenvalue weighted by Crippen LogP contribution is -2.51. The first-order valence-corrected chi connectivity index (χ1v) is 21.2. The van der Waals surface area contributed by atoms with E-state index in [0.717, 1.165) is 53.8 Å². The average Bonchev–Trinajstić information content (AvgIpc) is 3.95. The highest BCUT2D eigenvalue weighted by Gasteiger charge is 2.44. The molecule has 4 fully saturated rings. The molecule has 4 heterocycles. The van der Waals surface area contributed by atoms with Crippen LogP contribution in [0.5, 0.6) is 0 Å². The number of thiazole rings is 1. The number of aliphatic hydroxyl groups is 1. The highest BCUT2D eigenvalue weighted by atomic mass is 32.2. The molecular formula is C38H53N5O7S2. The summed E-state index contributed by atoms with van der Waals surface area (Å²) in [6.07, 6.45) is 5.76. The maximum Gasteiger partial charge on any atom is 0.407 e. The van der Waals surface area contributed by atoms with E-state index in [2.05, 4.69) is 15.5 Å². The third-order valence-corrected chi connectivity index (χ3v) is 13.8. The highest BCUT2D eigenvalue weighted by Crippen LogP contribution is 2.34. The van der Waals surface area contributed by atoms with Crippen molar-refractivity contribution in [2.24, 2.45) is 11.8 Å². The van der Waals surface area contributed by atoms with Crippen LogP contribution in [0, 0.1) is 11.8 Å². The topological polar surface area (TPSA) is 143 Å². The Morgan fingerprint density at radius 3 is 2.58 bits per heavy atom. The first-order chi connectivity index (χ1) is 25.1. The monoisotopic (exact) mass is 755 g/mol. The van der Waals surface area contributed by atoms with Gasteiger partial charge < -0.3 is 34.9 Å². The number of nitrogens with one attached hydrogen (secondary N) is 2. The summed E-state index contributed by atoms with van der Waals surface area (Å²) in [6, 6.07) is 14.8. The quantitative estimate of drug-likeness (QED) is 0.201. The molecule has 4 aliphatic rings. The first-order valence-electron chi connectivity index (χ1n) is 19.0. The summed E-state index contributed by atoms with van der Waals surface area (Å²) >= 11 is 1.54. The molecule has 1 saturated carbocycles. The largest absolute Gasteiger partial charge is 0.443 e. The predicted molar refractivity (Wildman–Crippen MR) is 201 cm³/mol. The number of rotatable bonds is 14. The van der Waals surface area contributed by atoms with E-state index in [1.165, 1.54) is 30.0 Å². The van der Waals surface area contributed by atoms with Crippen LogP contribution in [0.1, 0.15) is 64.4 Å². The Kier molecular flexibility index (Phi) is 12.0. The van der Waals surface area contributed by atoms with Crippen LogP contribution >= 0.6 is 11.3 Å². The van der Waals surface area contributed by atoms with E-state index in [0.29, 0.717) is 18.2 Å². The second-order valence-corrected chi connectivity index (χ2v) is 18.2. The summed E-state index contributed by atoms with van der Waals surface area (Å²) in [5.74, 6) is -0.0494. The van der Waals surface area contributed by atoms with Crippen molar-refractivity contribution < 1.29 is 32.5 Å². The Morgan fingerprint density at radius 2 is 1.83 bits per heavy atom. The summed E-state index contributed by atoms with van der Waals surface area (Å²) in [4.78, 5) is 20.8. The lowest BCUT2D eigenvalue weighted by Gasteiger charge is -2.36. The van der Waals surface area contributed by atoms with Gasteiger partial charge in [-0.15, -0.1) is 0 Å². The molecule has 1 aliphatic carbocycles. The van der Waals surface area contributed by atoms with Crippen molar-refractivity contribution in [1.82, 2.24) is 19.5 Å². The standard InChI is InChI=1S/C38H53N5O7S2/c1-25(2)22-43(23-33(44)31(20-26-8-4-3-5-9-26)41-38(45)50-34-24-49-36-30(34)16-19-48-36)52(46,47)29-12-13-35-32(21-29)40-37(51-35)39-27-14-17-42(18-15-27)28-10-6-7-11-28/h3-5,8-9,12-13,21,25,27-28,30-31,33-34,36,44H,6-7,10-11,14-20,22-24H2,1-2H3,(H,39,40)(H,41,45)/t30-,31-,33+,34-,36+/m0/s1. The number of sulfonamides is 1. The number of fused-ring (bicyclic) bond motifs is 2. The van der Waals surface area contributed by atoms with Crippen LogP contribution < -0.4 is 10.6 Å². The van der Waals surface area contributed by atoms with Crippen molar-refractivity contribution in [1.29, 1.82) is 0 Å². The van der Waals surface area contributed by atoms with Gasteiger partial charge in [0.05, 0.1) is 46.4 Å². The molecule has 0 radical (unpaired) electrons. The first kappa shape index (κ1) is 37.5. The fourth-order valence-corrected chi connectivity index (χ4v) is 10.7. The molecule has 3 aromatic rings. The van der Waals surface area contributed by atoms with Gasteiger partial charge in [0, 0.05) is 38.3 Å². The number of piperidine rings is 1. The zero-order valence-electron chi connectivity index (χ0n) is 30.2. The summed E-state index contributed by atoms with van der Waals surface area (Å²) in [5, 5.41) is 19.0. The molecular weight excluding hydrogens is 703 g/mol. The fourth-order valence-electron chi connectivity index (χ4n) is 8.17. The van der Waals surface area contributed by atoms with E-state index in [1.807, 2.05) is 50.2 Å². The van der Waals surface area contributed by atoms with Crippen LogP contribution in [0.25, 0.3) is 10.2 Å². The average molecular weight is 756 g/mol. The molecule has 52 heavy (non-hydrogen) atoms. The summed E-state index contributed by atoms with van der Waals surface area (Å²) in [7, 11) is -4.04. The Morgan fingerprint density at radius 1 is 1.06 bits per heavy atom. The molecule has 1 amide bonds. The fraction of sp³-hybridized carbons (Fsp3) is 0.632. The Bertz CT molecular complexity index is 1740. The van der Waals surface area contributed by atoms with Crippen molar-refractivity contribution in [3.8, 4) is 0 Å². The van der Waals surface area contributed by atoms with Crippen LogP contribution in [0.4, 0.5) is 9.93 Å². The number of alkyl carbamates (subject to hydrolysis) is 1. The van der Waals surface area contributed by atoms with Crippen LogP contribution in [0.15, 0.2) is 53.4 Å². The lowest BCUT2D eigenvalue weighted by atomic mass is 10.0. The number of benzene rings is 2. The van der Waals surface area contributed by atoms with Gasteiger partial charge in [-0.25, -0.2) is 18.2 Å². The normalized spacial score (nSPS) is 24.4. The second kappa shape index (κ2) is 16.7. The van der Waals surface area contributed by atoms with Crippen molar-refractivity contribution in [2.75, 3.05) is 44.7 Å². The van der Waals surface area contributed by atoms with Gasteiger partial charge in [0.15, 0.2) is 11.4 Å². The summed E-state index contributed by atoms with van der Waals surface area (Å²) in [6.45, 7) is 6.85. The number of likely N-dealkylation sites (tertiary alicyclic amines) is 1. The number of nitrogens with zero attached hydrogens (tertiary/aromatic N) is 3. The minimum atomic E-state index is -4.04. The third-order valence-electron chi connectivity index (χ3n) is 11.0. The molecule has 1 aromatic heterocycles. The summed E-state index contributed by atoms with van der Waals surface area (Å²) in [5.41, 5.74) is 1.51. The Hall–Kier alpha value is -2.85. The lowest BCUT2D eigenvalue weighted by molar-refractivity contribution is -0.0907. The number of ether oxygens (including phenoxy) is 3. The number of anilines is 1. The number of aliphatic hydroxyl groups excluding tert-OH is 1. The predicted octanol–water partition coefficient (Wildman–Crippen LogP) is 5.22. The van der Waals surface area contributed by atoms with Gasteiger partial charge in [-0.3, -0.25) is 0 Å². The van der Waals surface area contributed by atoms with Crippen LogP contribution in [-0.2, 0) is 30.7 Å². The minimum Gasteiger partial charge on any atom is -0.443 e. The molecule has 284 valence electrons. The van der Waals surface area contributed by atoms with Gasteiger partial charge in [-0.2, -0.15) is 4.31 Å². The highest BCUT2D eigenvalue weighted by molar-refractivity contribution is 7.89. The maximum atomic E-state index is 14.3. The van der Waals surface area contributed by atoms with E-state index in [9.17, 15) is 18.3 Å². The molecule has 2 aromatic carbocycles. The minimum absolute atomic E-state index is 0.0182. The van der Waals surface area contributed by atoms with E-state index in [-0.39, 0.29) is 49.1 Å². The molecule has 14 heteroatoms. The maximum absolute atomic E-state index is 14.3. The van der Waals surface area contributed by atoms with Crippen LogP contribution in [0.3, 0.4) is 0 Å². The van der Waals surface area contributed by atoms with Gasteiger partial charge in [-0.1, -0.05) is 68.4 Å². The number of carbonyl (C=O) groups excluding carboxylic acids is 1. The van der Waals surface area contributed by atoms with Crippen molar-refractivity contribution in [3.63, 3.8) is 0 Å². The molecule has 3 saturated heterocycles. The zero-order valence-corrected chi connectivity index (χ0v) is 31.8. The van der Waals surface area contributed by atoms with Crippen molar-refractivity contribution in [2.45, 2.75) is 107 Å². The third kappa shape index (κ3) is 8.91. The molecule has 12 nitrogen and oxygen atoms in total. The number of carbonyl (C=O) groups is 1. The summed E-state index contributed by atoms with van der Waals surface area (Å²) < 4.78 is 47.7. The van der Waals surface area contributed by atoms with Gasteiger partial charge in [0.2, 0.25) is 10.0 Å². The van der Waals surface area contributed by atoms with E-state index in [4.69, 9.17) is 19.2 Å². The second-order valence-electron chi connectivity index (χ2n) is 15.2. The zero-order chi connectivity index (χ0) is 36.2. The number of hydrogen-bond acceptors (Lipinski definition) is 11. The molecule has 5 atom stereocenters. The molecule has 7 rings (SSSR count). The van der Waals surface area contributed by atoms with E-state index >= 15 is 0 Å². The van der Waals surface area contributed by atoms with Crippen molar-refractivity contribution >= 4 is 42.8 Å². The van der Waals surface area contributed by atoms with Crippen molar-refractivity contribution in [3.05, 3.63) is 54.1 Å². The van der Waals surface area contributed by atoms with Gasteiger partial charge >= 0.3 is 6.09 Å². The molecule has 3 aliphatic heterocycles. The number of aromatic nitrogens is 1. The molecule has 0 spiro atoms. The molecule has 3 N–H and O–H groups in total. The molecule has 0 unspecified atom stereocenters. The van der Waals surface area contributed by atoms with E-state index < -0.39 is 34.4 Å². The van der Waals surface area contributed by atoms with E-state index in [1.54, 1.807) is 23.5 Å². The Labute approximate surface area is 311 Å². The molecule has 0 bridgehead atoms. The van der Waals surface area contributed by atoms with Gasteiger partial charge in [-0.05, 0) is 68.2 Å². The van der Waals surface area contributed by atoms with Crippen LogP contribution in [0.2, 0.25) is 0 Å². The smallest absolute Gasteiger partial charge is 0.407 e. The Balaban J connectivity index is 1.03. The van der Waals surface area contributed by atoms with Crippen LogP contribution in [-0.4, -0.2) is 110 Å². The SMILES string of the molecule is CC(C)CN(C[C@@H](O)[C@H](Cc1ccccc1)NC(=O)O[C@H]1CO[C@H]2OCC[C@H]21)S(=O)(=O)c1ccc2sc(NC3CCN(C4CCCC4)CC3)nc2c1.